The zero-order valence-corrected chi connectivity index (χ0v) is 9.83. The highest BCUT2D eigenvalue weighted by atomic mass is 32.3. The van der Waals surface area contributed by atoms with E-state index < -0.39 is 16.7 Å². The van der Waals surface area contributed by atoms with Crippen LogP contribution in [0.15, 0.2) is 0 Å². The lowest BCUT2D eigenvalue weighted by atomic mass is 10.5. The zero-order chi connectivity index (χ0) is 11.7. The second kappa shape index (κ2) is 8.00. The average molecular weight is 242 g/mol. The maximum absolute atomic E-state index is 10.3. The fourth-order valence-corrected chi connectivity index (χ4v) is 1.07. The van der Waals surface area contributed by atoms with Crippen molar-refractivity contribution < 1.29 is 26.6 Å². The molecule has 0 bridgehead atoms. The predicted molar refractivity (Wildman–Crippen MR) is 53.8 cm³/mol. The first-order valence-corrected chi connectivity index (χ1v) is 6.21. The average Bonchev–Trinajstić information content (AvgIpc) is 2.15. The summed E-state index contributed by atoms with van der Waals surface area (Å²) < 4.78 is 43.5. The minimum Gasteiger partial charge on any atom is -0.350 e. The first-order valence-electron chi connectivity index (χ1n) is 4.84. The predicted octanol–water partition coefficient (Wildman–Crippen LogP) is 0.985. The number of hydrogen-bond donors (Lipinski definition) is 1. The highest BCUT2D eigenvalue weighted by molar-refractivity contribution is 7.80. The fourth-order valence-electron chi connectivity index (χ4n) is 0.784. The van der Waals surface area contributed by atoms with E-state index in [-0.39, 0.29) is 6.61 Å². The van der Waals surface area contributed by atoms with Crippen LogP contribution in [0.25, 0.3) is 0 Å². The van der Waals surface area contributed by atoms with E-state index in [4.69, 9.17) is 14.0 Å². The van der Waals surface area contributed by atoms with Gasteiger partial charge >= 0.3 is 10.4 Å². The van der Waals surface area contributed by atoms with E-state index in [0.717, 1.165) is 12.8 Å². The zero-order valence-electron chi connectivity index (χ0n) is 9.01. The van der Waals surface area contributed by atoms with E-state index in [0.29, 0.717) is 13.2 Å². The SMILES string of the molecule is CCCOC(COS(=O)(=O)O)OCCC. The Kier molecular flexibility index (Phi) is 7.89. The normalized spacial score (nSPS) is 12.3. The Balaban J connectivity index is 3.89. The molecule has 0 saturated carbocycles. The topological polar surface area (TPSA) is 82.1 Å². The molecule has 0 fully saturated rings. The second-order valence-corrected chi connectivity index (χ2v) is 3.97. The lowest BCUT2D eigenvalue weighted by Crippen LogP contribution is -2.26. The van der Waals surface area contributed by atoms with Crippen LogP contribution in [-0.4, -0.2) is 39.1 Å². The van der Waals surface area contributed by atoms with Crippen molar-refractivity contribution in [1.82, 2.24) is 0 Å². The van der Waals surface area contributed by atoms with Crippen molar-refractivity contribution in [3.05, 3.63) is 0 Å². The van der Waals surface area contributed by atoms with Crippen LogP contribution in [0.3, 0.4) is 0 Å². The summed E-state index contributed by atoms with van der Waals surface area (Å²) in [5.74, 6) is 0. The van der Waals surface area contributed by atoms with Gasteiger partial charge in [-0.15, -0.1) is 0 Å². The molecule has 0 aromatic heterocycles. The van der Waals surface area contributed by atoms with E-state index in [2.05, 4.69) is 4.18 Å². The van der Waals surface area contributed by atoms with Crippen molar-refractivity contribution in [2.75, 3.05) is 19.8 Å². The van der Waals surface area contributed by atoms with E-state index >= 15 is 0 Å². The Morgan fingerprint density at radius 1 is 1.13 bits per heavy atom. The molecule has 0 saturated heterocycles. The first-order chi connectivity index (χ1) is 6.99. The molecule has 0 aliphatic carbocycles. The van der Waals surface area contributed by atoms with Crippen LogP contribution in [-0.2, 0) is 24.1 Å². The summed E-state index contributed by atoms with van der Waals surface area (Å²) in [5, 5.41) is 0. The van der Waals surface area contributed by atoms with Crippen LogP contribution in [0.4, 0.5) is 0 Å². The van der Waals surface area contributed by atoms with Crippen molar-refractivity contribution in [2.24, 2.45) is 0 Å². The van der Waals surface area contributed by atoms with Gasteiger partial charge in [0.2, 0.25) is 0 Å². The fraction of sp³-hybridized carbons (Fsp3) is 1.00. The highest BCUT2D eigenvalue weighted by Crippen LogP contribution is 2.00. The Bertz CT molecular complexity index is 230. The molecule has 15 heavy (non-hydrogen) atoms. The van der Waals surface area contributed by atoms with Gasteiger partial charge in [-0.3, -0.25) is 4.55 Å². The van der Waals surface area contributed by atoms with Crippen LogP contribution in [0.2, 0.25) is 0 Å². The third-order valence-corrected chi connectivity index (χ3v) is 1.80. The number of hydrogen-bond acceptors (Lipinski definition) is 5. The Morgan fingerprint density at radius 2 is 1.60 bits per heavy atom. The maximum Gasteiger partial charge on any atom is 0.397 e. The Morgan fingerprint density at radius 3 is 1.93 bits per heavy atom. The van der Waals surface area contributed by atoms with Crippen LogP contribution in [0.5, 0.6) is 0 Å². The first kappa shape index (κ1) is 14.8. The van der Waals surface area contributed by atoms with Gasteiger partial charge in [0.1, 0.15) is 6.61 Å². The molecule has 0 aliphatic rings. The van der Waals surface area contributed by atoms with Crippen molar-refractivity contribution >= 4 is 10.4 Å². The lowest BCUT2D eigenvalue weighted by Gasteiger charge is -2.16. The van der Waals surface area contributed by atoms with Gasteiger partial charge in [-0.05, 0) is 12.8 Å². The highest BCUT2D eigenvalue weighted by Gasteiger charge is 2.13. The van der Waals surface area contributed by atoms with Crippen molar-refractivity contribution in [3.8, 4) is 0 Å². The van der Waals surface area contributed by atoms with Crippen LogP contribution >= 0.6 is 0 Å². The molecule has 0 amide bonds. The third-order valence-electron chi connectivity index (χ3n) is 1.37. The van der Waals surface area contributed by atoms with Crippen LogP contribution in [0.1, 0.15) is 26.7 Å². The molecule has 0 unspecified atom stereocenters. The lowest BCUT2D eigenvalue weighted by molar-refractivity contribution is -0.158. The maximum atomic E-state index is 10.3. The van der Waals surface area contributed by atoms with Gasteiger partial charge in [-0.1, -0.05) is 13.8 Å². The molecule has 0 aromatic carbocycles. The number of rotatable bonds is 9. The summed E-state index contributed by atoms with van der Waals surface area (Å²) in [6.45, 7) is 4.40. The minimum absolute atomic E-state index is 0.334. The van der Waals surface area contributed by atoms with Gasteiger partial charge in [0.15, 0.2) is 6.29 Å². The molecular formula is C8H18O6S. The minimum atomic E-state index is -4.43. The van der Waals surface area contributed by atoms with Gasteiger partial charge in [-0.2, -0.15) is 8.42 Å². The molecule has 0 aromatic rings. The van der Waals surface area contributed by atoms with E-state index in [1.807, 2.05) is 13.8 Å². The molecule has 0 aliphatic heterocycles. The molecule has 1 N–H and O–H groups in total. The molecule has 6 nitrogen and oxygen atoms in total. The smallest absolute Gasteiger partial charge is 0.350 e. The monoisotopic (exact) mass is 242 g/mol. The molecule has 0 heterocycles. The van der Waals surface area contributed by atoms with Gasteiger partial charge in [0.25, 0.3) is 0 Å². The van der Waals surface area contributed by atoms with E-state index in [1.165, 1.54) is 0 Å². The van der Waals surface area contributed by atoms with Gasteiger partial charge in [0, 0.05) is 13.2 Å². The summed E-state index contributed by atoms with van der Waals surface area (Å²) in [7, 11) is -4.43. The van der Waals surface area contributed by atoms with Crippen molar-refractivity contribution in [2.45, 2.75) is 33.0 Å². The molecule has 92 valence electrons. The van der Waals surface area contributed by atoms with Gasteiger partial charge < -0.3 is 9.47 Å². The summed E-state index contributed by atoms with van der Waals surface area (Å²) in [4.78, 5) is 0. The molecular weight excluding hydrogens is 224 g/mol. The summed E-state index contributed by atoms with van der Waals surface area (Å²) >= 11 is 0. The van der Waals surface area contributed by atoms with Gasteiger partial charge in [-0.25, -0.2) is 4.18 Å². The molecule has 0 rings (SSSR count). The summed E-state index contributed by atoms with van der Waals surface area (Å²) in [6, 6.07) is 0. The van der Waals surface area contributed by atoms with E-state index in [1.54, 1.807) is 0 Å². The molecule has 0 atom stereocenters. The number of ether oxygens (including phenoxy) is 2. The quantitative estimate of drug-likeness (QED) is 0.479. The Hall–Kier alpha value is -0.210. The second-order valence-electron chi connectivity index (χ2n) is 2.88. The third kappa shape index (κ3) is 10.1. The van der Waals surface area contributed by atoms with Gasteiger partial charge in [0.05, 0.1) is 0 Å². The van der Waals surface area contributed by atoms with E-state index in [9.17, 15) is 8.42 Å². The largest absolute Gasteiger partial charge is 0.397 e. The van der Waals surface area contributed by atoms with Crippen LogP contribution in [0, 0.1) is 0 Å². The van der Waals surface area contributed by atoms with Crippen molar-refractivity contribution in [3.63, 3.8) is 0 Å². The molecule has 0 radical (unpaired) electrons. The van der Waals surface area contributed by atoms with Crippen LogP contribution < -0.4 is 0 Å². The summed E-state index contributed by atoms with van der Waals surface area (Å²) in [6.07, 6.45) is 0.822. The molecule has 0 spiro atoms. The van der Waals surface area contributed by atoms with Crippen molar-refractivity contribution in [1.29, 1.82) is 0 Å². The summed E-state index contributed by atoms with van der Waals surface area (Å²) in [5.41, 5.74) is 0. The molecule has 7 heteroatoms. The standard InChI is InChI=1S/C8H18O6S/c1-3-5-12-8(13-6-4-2)7-14-15(9,10)11/h8H,3-7H2,1-2H3,(H,9,10,11). The Labute approximate surface area is 90.5 Å².